The van der Waals surface area contributed by atoms with E-state index < -0.39 is 14.3 Å². The van der Waals surface area contributed by atoms with Crippen molar-refractivity contribution >= 4 is 19.5 Å². The van der Waals surface area contributed by atoms with Gasteiger partial charge in [-0.1, -0.05) is 36.9 Å². The van der Waals surface area contributed by atoms with Crippen LogP contribution in [-0.2, 0) is 14.0 Å². The van der Waals surface area contributed by atoms with Crippen molar-refractivity contribution in [2.75, 3.05) is 13.2 Å². The minimum absolute atomic E-state index is 0.272. The Morgan fingerprint density at radius 3 is 2.53 bits per heavy atom. The van der Waals surface area contributed by atoms with Gasteiger partial charge in [-0.15, -0.1) is 0 Å². The molecule has 3 nitrogen and oxygen atoms in total. The lowest BCUT2D eigenvalue weighted by molar-refractivity contribution is -0.138. The highest BCUT2D eigenvalue weighted by atomic mass is 28.4. The van der Waals surface area contributed by atoms with Crippen LogP contribution < -0.4 is 5.19 Å². The largest absolute Gasteiger partial charge is 0.460 e. The summed E-state index contributed by atoms with van der Waals surface area (Å²) in [4.78, 5) is 10.8. The van der Waals surface area contributed by atoms with Crippen molar-refractivity contribution in [1.29, 1.82) is 0 Å². The first-order chi connectivity index (χ1) is 8.06. The van der Waals surface area contributed by atoms with Gasteiger partial charge in [-0.25, -0.2) is 4.79 Å². The highest BCUT2D eigenvalue weighted by molar-refractivity contribution is 6.84. The van der Waals surface area contributed by atoms with Crippen molar-refractivity contribution in [3.05, 3.63) is 43.0 Å². The van der Waals surface area contributed by atoms with E-state index in [-0.39, 0.29) is 6.61 Å². The Kier molecular flexibility index (Phi) is 5.12. The number of hydrogen-bond acceptors (Lipinski definition) is 3. The highest BCUT2D eigenvalue weighted by Crippen LogP contribution is 2.04. The van der Waals surface area contributed by atoms with E-state index in [9.17, 15) is 4.79 Å². The van der Waals surface area contributed by atoms with Gasteiger partial charge in [-0.3, -0.25) is 0 Å². The fraction of sp³-hybridized carbons (Fsp3) is 0.308. The molecule has 4 heteroatoms. The van der Waals surface area contributed by atoms with Gasteiger partial charge in [-0.2, -0.15) is 0 Å². The molecule has 0 fully saturated rings. The zero-order chi connectivity index (χ0) is 12.7. The smallest absolute Gasteiger partial charge is 0.330 e. The third-order valence-corrected chi connectivity index (χ3v) is 5.08. The number of hydrogen-bond donors (Lipinski definition) is 0. The van der Waals surface area contributed by atoms with E-state index in [1.165, 1.54) is 5.19 Å². The first kappa shape index (κ1) is 13.7. The lowest BCUT2D eigenvalue weighted by Crippen LogP contribution is -2.45. The average molecular weight is 250 g/mol. The summed E-state index contributed by atoms with van der Waals surface area (Å²) in [5, 5.41) is 1.23. The van der Waals surface area contributed by atoms with Gasteiger partial charge in [0.25, 0.3) is 0 Å². The molecule has 0 heterocycles. The van der Waals surface area contributed by atoms with E-state index in [2.05, 4.69) is 31.8 Å². The quantitative estimate of drug-likeness (QED) is 0.334. The maximum Gasteiger partial charge on any atom is 0.330 e. The molecule has 1 aromatic rings. The molecule has 1 rings (SSSR count). The van der Waals surface area contributed by atoms with Crippen LogP contribution in [0.25, 0.3) is 0 Å². The Morgan fingerprint density at radius 1 is 1.29 bits per heavy atom. The zero-order valence-corrected chi connectivity index (χ0v) is 11.3. The van der Waals surface area contributed by atoms with Gasteiger partial charge in [0, 0.05) is 6.08 Å². The van der Waals surface area contributed by atoms with Crippen LogP contribution in [0.15, 0.2) is 43.0 Å². The SMILES string of the molecule is C=CC(=O)OCCO[Si](C)(C)c1ccccc1. The van der Waals surface area contributed by atoms with E-state index in [4.69, 9.17) is 9.16 Å². The topological polar surface area (TPSA) is 35.5 Å². The zero-order valence-electron chi connectivity index (χ0n) is 10.3. The van der Waals surface area contributed by atoms with Crippen molar-refractivity contribution in [3.63, 3.8) is 0 Å². The van der Waals surface area contributed by atoms with Crippen LogP contribution in [0.1, 0.15) is 0 Å². The molecule has 0 aliphatic carbocycles. The number of rotatable bonds is 6. The summed E-state index contributed by atoms with van der Waals surface area (Å²) in [7, 11) is -1.88. The molecule has 0 saturated heterocycles. The standard InChI is InChI=1S/C13H18O3Si/c1-4-13(14)15-10-11-16-17(2,3)12-8-6-5-7-9-12/h4-9H,1,10-11H2,2-3H3. The van der Waals surface area contributed by atoms with Crippen LogP contribution in [0, 0.1) is 0 Å². The summed E-state index contributed by atoms with van der Waals surface area (Å²) >= 11 is 0. The van der Waals surface area contributed by atoms with Crippen LogP contribution in [0.5, 0.6) is 0 Å². The summed E-state index contributed by atoms with van der Waals surface area (Å²) < 4.78 is 10.7. The van der Waals surface area contributed by atoms with Crippen molar-refractivity contribution in [2.24, 2.45) is 0 Å². The van der Waals surface area contributed by atoms with E-state index in [0.717, 1.165) is 6.08 Å². The predicted molar refractivity (Wildman–Crippen MR) is 70.7 cm³/mol. The first-order valence-corrected chi connectivity index (χ1v) is 8.46. The normalized spacial score (nSPS) is 10.9. The van der Waals surface area contributed by atoms with E-state index in [1.807, 2.05) is 18.2 Å². The molecular weight excluding hydrogens is 232 g/mol. The van der Waals surface area contributed by atoms with Gasteiger partial charge < -0.3 is 9.16 Å². The molecule has 0 aliphatic heterocycles. The average Bonchev–Trinajstić information content (AvgIpc) is 2.35. The Morgan fingerprint density at radius 2 is 1.94 bits per heavy atom. The Bertz CT molecular complexity index is 374. The summed E-state index contributed by atoms with van der Waals surface area (Å²) in [6, 6.07) is 10.1. The molecule has 0 bridgehead atoms. The molecule has 92 valence electrons. The first-order valence-electron chi connectivity index (χ1n) is 5.55. The number of ether oxygens (including phenoxy) is 1. The minimum Gasteiger partial charge on any atom is -0.460 e. The number of carbonyl (C=O) groups is 1. The summed E-state index contributed by atoms with van der Waals surface area (Å²) in [6.45, 7) is 8.27. The minimum atomic E-state index is -1.88. The van der Waals surface area contributed by atoms with E-state index in [0.29, 0.717) is 6.61 Å². The molecule has 0 aliphatic rings. The predicted octanol–water partition coefficient (Wildman–Crippen LogP) is 1.84. The fourth-order valence-electron chi connectivity index (χ4n) is 1.42. The maximum absolute atomic E-state index is 10.8. The van der Waals surface area contributed by atoms with Crippen LogP contribution in [0.2, 0.25) is 13.1 Å². The van der Waals surface area contributed by atoms with Crippen LogP contribution in [-0.4, -0.2) is 27.5 Å². The molecule has 0 spiro atoms. The molecule has 0 amide bonds. The molecule has 0 saturated carbocycles. The van der Waals surface area contributed by atoms with Crippen molar-refractivity contribution in [1.82, 2.24) is 0 Å². The van der Waals surface area contributed by atoms with Crippen LogP contribution in [0.4, 0.5) is 0 Å². The van der Waals surface area contributed by atoms with Crippen LogP contribution >= 0.6 is 0 Å². The molecule has 1 aromatic carbocycles. The molecule has 0 aromatic heterocycles. The highest BCUT2D eigenvalue weighted by Gasteiger charge is 2.24. The van der Waals surface area contributed by atoms with Gasteiger partial charge >= 0.3 is 5.97 Å². The van der Waals surface area contributed by atoms with E-state index >= 15 is 0 Å². The summed E-state index contributed by atoms with van der Waals surface area (Å²) in [6.07, 6.45) is 1.15. The van der Waals surface area contributed by atoms with Gasteiger partial charge in [0.1, 0.15) is 6.61 Å². The van der Waals surface area contributed by atoms with Gasteiger partial charge in [0.05, 0.1) is 6.61 Å². The molecule has 0 unspecified atom stereocenters. The second-order valence-electron chi connectivity index (χ2n) is 4.10. The van der Waals surface area contributed by atoms with Crippen LogP contribution in [0.3, 0.4) is 0 Å². The molecule has 0 radical (unpaired) electrons. The Labute approximate surface area is 103 Å². The second-order valence-corrected chi connectivity index (χ2v) is 7.98. The monoisotopic (exact) mass is 250 g/mol. The number of benzene rings is 1. The van der Waals surface area contributed by atoms with Crippen molar-refractivity contribution < 1.29 is 14.0 Å². The molecular formula is C13H18O3Si. The fourth-order valence-corrected chi connectivity index (χ4v) is 3.18. The third-order valence-electron chi connectivity index (χ3n) is 2.43. The summed E-state index contributed by atoms with van der Waals surface area (Å²) in [5.74, 6) is -0.409. The number of carbonyl (C=O) groups excluding carboxylic acids is 1. The van der Waals surface area contributed by atoms with E-state index in [1.54, 1.807) is 0 Å². The lowest BCUT2D eigenvalue weighted by Gasteiger charge is -2.23. The van der Waals surface area contributed by atoms with Gasteiger partial charge in [-0.05, 0) is 18.3 Å². The molecule has 0 N–H and O–H groups in total. The molecule has 17 heavy (non-hydrogen) atoms. The Balaban J connectivity index is 2.40. The number of esters is 1. The second kappa shape index (κ2) is 6.37. The van der Waals surface area contributed by atoms with Gasteiger partial charge in [0.2, 0.25) is 8.32 Å². The summed E-state index contributed by atoms with van der Waals surface area (Å²) in [5.41, 5.74) is 0. The Hall–Kier alpha value is -1.39. The van der Waals surface area contributed by atoms with Crippen molar-refractivity contribution in [2.45, 2.75) is 13.1 Å². The lowest BCUT2D eigenvalue weighted by atomic mass is 10.4. The third kappa shape index (κ3) is 4.54. The van der Waals surface area contributed by atoms with Crippen molar-refractivity contribution in [3.8, 4) is 0 Å². The maximum atomic E-state index is 10.8. The van der Waals surface area contributed by atoms with Gasteiger partial charge in [0.15, 0.2) is 0 Å². The molecule has 0 atom stereocenters.